The molecule has 0 heterocycles. The SMILES string of the molecule is O=C(Nc1ccc(C(=O)O[C@@H](C(=O)c2ccccc2)[C@@H](Br)c2cccc([N+](=O)[O-])c2)cc1)c1ccc(Br)cc1. The highest BCUT2D eigenvalue weighted by atomic mass is 79.9. The Morgan fingerprint density at radius 2 is 1.44 bits per heavy atom. The van der Waals surface area contributed by atoms with E-state index in [0.717, 1.165) is 4.47 Å². The highest BCUT2D eigenvalue weighted by Crippen LogP contribution is 2.33. The van der Waals surface area contributed by atoms with Crippen LogP contribution in [-0.4, -0.2) is 28.7 Å². The van der Waals surface area contributed by atoms with E-state index in [9.17, 15) is 24.5 Å². The van der Waals surface area contributed by atoms with Crippen LogP contribution >= 0.6 is 31.9 Å². The van der Waals surface area contributed by atoms with Crippen LogP contribution in [0.5, 0.6) is 0 Å². The summed E-state index contributed by atoms with van der Waals surface area (Å²) in [6, 6.07) is 27.0. The minimum atomic E-state index is -1.32. The molecule has 1 amide bonds. The average molecular weight is 652 g/mol. The van der Waals surface area contributed by atoms with Gasteiger partial charge in [-0.1, -0.05) is 74.3 Å². The molecule has 1 N–H and O–H groups in total. The molecule has 0 unspecified atom stereocenters. The Morgan fingerprint density at radius 1 is 0.795 bits per heavy atom. The molecule has 4 aromatic carbocycles. The third-order valence-corrected chi connectivity index (χ3v) is 7.24. The maximum Gasteiger partial charge on any atom is 0.338 e. The molecule has 2 atom stereocenters. The number of carbonyl (C=O) groups excluding carboxylic acids is 3. The van der Waals surface area contributed by atoms with Crippen molar-refractivity contribution in [2.24, 2.45) is 0 Å². The molecule has 0 fully saturated rings. The Hall–Kier alpha value is -4.15. The van der Waals surface area contributed by atoms with E-state index in [2.05, 4.69) is 37.2 Å². The molecule has 0 spiro atoms. The molecular formula is C29H20Br2N2O6. The van der Waals surface area contributed by atoms with Crippen molar-refractivity contribution in [3.05, 3.63) is 140 Å². The quantitative estimate of drug-likeness (QED) is 0.0675. The van der Waals surface area contributed by atoms with Gasteiger partial charge in [0, 0.05) is 33.4 Å². The summed E-state index contributed by atoms with van der Waals surface area (Å²) in [6.07, 6.45) is -1.32. The Balaban J connectivity index is 1.54. The van der Waals surface area contributed by atoms with Crippen molar-refractivity contribution in [3.8, 4) is 0 Å². The van der Waals surface area contributed by atoms with Crippen molar-refractivity contribution in [1.82, 2.24) is 0 Å². The number of amides is 1. The monoisotopic (exact) mass is 650 g/mol. The number of Topliss-reactive ketones (excluding diaryl/α,β-unsaturated/α-hetero) is 1. The van der Waals surface area contributed by atoms with E-state index in [1.54, 1.807) is 72.8 Å². The van der Waals surface area contributed by atoms with Gasteiger partial charge in [0.05, 0.1) is 15.3 Å². The molecule has 0 aliphatic carbocycles. The standard InChI is InChI=1S/C29H20Br2N2O6/c30-22-13-9-19(10-14-22)28(35)32-23-15-11-20(12-16-23)29(36)39-27(26(34)18-5-2-1-3-6-18)25(31)21-7-4-8-24(17-21)33(37)38/h1-17,25,27H,(H,32,35)/t25-,27+/m0/s1. The van der Waals surface area contributed by atoms with Gasteiger partial charge >= 0.3 is 5.97 Å². The van der Waals surface area contributed by atoms with Gasteiger partial charge in [-0.3, -0.25) is 19.7 Å². The molecule has 4 aromatic rings. The third-order valence-electron chi connectivity index (χ3n) is 5.70. The number of nitro benzene ring substituents is 1. The molecule has 4 rings (SSSR count). The lowest BCUT2D eigenvalue weighted by molar-refractivity contribution is -0.384. The highest BCUT2D eigenvalue weighted by molar-refractivity contribution is 9.10. The van der Waals surface area contributed by atoms with Crippen LogP contribution in [0.25, 0.3) is 0 Å². The van der Waals surface area contributed by atoms with Crippen LogP contribution in [0.1, 0.15) is 41.5 Å². The number of ether oxygens (including phenoxy) is 1. The van der Waals surface area contributed by atoms with Gasteiger partial charge in [-0.15, -0.1) is 0 Å². The summed E-state index contributed by atoms with van der Waals surface area (Å²) in [5.41, 5.74) is 1.64. The first kappa shape index (κ1) is 27.9. The Labute approximate surface area is 240 Å². The van der Waals surface area contributed by atoms with Gasteiger partial charge < -0.3 is 10.1 Å². The van der Waals surface area contributed by atoms with Crippen molar-refractivity contribution in [3.63, 3.8) is 0 Å². The van der Waals surface area contributed by atoms with E-state index >= 15 is 0 Å². The van der Waals surface area contributed by atoms with Crippen molar-refractivity contribution in [2.75, 3.05) is 5.32 Å². The van der Waals surface area contributed by atoms with E-state index in [1.807, 2.05) is 0 Å². The predicted molar refractivity (Wildman–Crippen MR) is 153 cm³/mol. The number of non-ortho nitro benzene ring substituents is 1. The number of nitrogens with one attached hydrogen (secondary N) is 1. The lowest BCUT2D eigenvalue weighted by atomic mass is 9.99. The Morgan fingerprint density at radius 3 is 2.08 bits per heavy atom. The van der Waals surface area contributed by atoms with Crippen molar-refractivity contribution < 1.29 is 24.0 Å². The fraction of sp³-hybridized carbons (Fsp3) is 0.0690. The number of halogens is 2. The number of carbonyl (C=O) groups is 3. The number of nitro groups is 1. The van der Waals surface area contributed by atoms with Gasteiger partial charge in [0.25, 0.3) is 11.6 Å². The molecule has 8 nitrogen and oxygen atoms in total. The minimum Gasteiger partial charge on any atom is -0.449 e. The van der Waals surface area contributed by atoms with E-state index in [0.29, 0.717) is 22.4 Å². The molecule has 196 valence electrons. The fourth-order valence-corrected chi connectivity index (χ4v) is 4.57. The fourth-order valence-electron chi connectivity index (χ4n) is 3.68. The maximum absolute atomic E-state index is 13.4. The highest BCUT2D eigenvalue weighted by Gasteiger charge is 2.33. The van der Waals surface area contributed by atoms with Crippen LogP contribution < -0.4 is 5.32 Å². The Bertz CT molecular complexity index is 1510. The minimum absolute atomic E-state index is 0.154. The van der Waals surface area contributed by atoms with E-state index < -0.39 is 27.6 Å². The second kappa shape index (κ2) is 12.6. The van der Waals surface area contributed by atoms with E-state index in [1.165, 1.54) is 30.3 Å². The van der Waals surface area contributed by atoms with Gasteiger partial charge in [-0.25, -0.2) is 4.79 Å². The van der Waals surface area contributed by atoms with Crippen LogP contribution in [0, 0.1) is 10.1 Å². The molecule has 39 heavy (non-hydrogen) atoms. The largest absolute Gasteiger partial charge is 0.449 e. The number of nitrogens with zero attached hydrogens (tertiary/aromatic N) is 1. The summed E-state index contributed by atoms with van der Waals surface area (Å²) in [5.74, 6) is -1.56. The summed E-state index contributed by atoms with van der Waals surface area (Å²) < 4.78 is 6.52. The normalized spacial score (nSPS) is 12.2. The molecule has 0 aromatic heterocycles. The number of rotatable bonds is 9. The second-order valence-corrected chi connectivity index (χ2v) is 10.3. The van der Waals surface area contributed by atoms with Gasteiger partial charge in [0.15, 0.2) is 6.10 Å². The average Bonchev–Trinajstić information content (AvgIpc) is 2.96. The second-order valence-electron chi connectivity index (χ2n) is 8.35. The van der Waals surface area contributed by atoms with Crippen LogP contribution in [-0.2, 0) is 4.74 Å². The molecule has 0 saturated carbocycles. The summed E-state index contributed by atoms with van der Waals surface area (Å²) in [6.45, 7) is 0. The Kier molecular flexibility index (Phi) is 9.00. The van der Waals surface area contributed by atoms with Crippen molar-refractivity contribution in [1.29, 1.82) is 0 Å². The topological polar surface area (TPSA) is 116 Å². The number of alkyl halides is 1. The third kappa shape index (κ3) is 7.04. The van der Waals surface area contributed by atoms with Gasteiger partial charge in [-0.05, 0) is 54.1 Å². The molecule has 0 bridgehead atoms. The van der Waals surface area contributed by atoms with Crippen LogP contribution in [0.4, 0.5) is 11.4 Å². The van der Waals surface area contributed by atoms with Gasteiger partial charge in [0.1, 0.15) is 0 Å². The number of benzene rings is 4. The number of esters is 1. The zero-order valence-corrected chi connectivity index (χ0v) is 23.3. The van der Waals surface area contributed by atoms with E-state index in [4.69, 9.17) is 4.74 Å². The zero-order chi connectivity index (χ0) is 27.9. The molecule has 0 radical (unpaired) electrons. The number of anilines is 1. The smallest absolute Gasteiger partial charge is 0.338 e. The lowest BCUT2D eigenvalue weighted by Gasteiger charge is -2.22. The first-order chi connectivity index (χ1) is 18.7. The lowest BCUT2D eigenvalue weighted by Crippen LogP contribution is -2.31. The van der Waals surface area contributed by atoms with Crippen LogP contribution in [0.2, 0.25) is 0 Å². The maximum atomic E-state index is 13.4. The zero-order valence-electron chi connectivity index (χ0n) is 20.1. The number of hydrogen-bond acceptors (Lipinski definition) is 6. The summed E-state index contributed by atoms with van der Waals surface area (Å²) in [4.78, 5) is 48.8. The van der Waals surface area contributed by atoms with Crippen LogP contribution in [0.15, 0.2) is 108 Å². The first-order valence-corrected chi connectivity index (χ1v) is 13.3. The van der Waals surface area contributed by atoms with Gasteiger partial charge in [0.2, 0.25) is 5.78 Å². The number of hydrogen-bond donors (Lipinski definition) is 1. The molecule has 0 aliphatic rings. The van der Waals surface area contributed by atoms with Crippen molar-refractivity contribution >= 4 is 60.9 Å². The molecule has 0 saturated heterocycles. The molecule has 0 aliphatic heterocycles. The molecule has 10 heteroatoms. The van der Waals surface area contributed by atoms with Crippen molar-refractivity contribution in [2.45, 2.75) is 10.9 Å². The first-order valence-electron chi connectivity index (χ1n) is 11.6. The summed E-state index contributed by atoms with van der Waals surface area (Å²) >= 11 is 6.76. The van der Waals surface area contributed by atoms with E-state index in [-0.39, 0.29) is 17.2 Å². The predicted octanol–water partition coefficient (Wildman–Crippen LogP) is 7.15. The molecular weight excluding hydrogens is 632 g/mol. The van der Waals surface area contributed by atoms with Gasteiger partial charge in [-0.2, -0.15) is 0 Å². The van der Waals surface area contributed by atoms with Crippen LogP contribution in [0.3, 0.4) is 0 Å². The number of ketones is 1. The summed E-state index contributed by atoms with van der Waals surface area (Å²) in [5, 5.41) is 14.0. The summed E-state index contributed by atoms with van der Waals surface area (Å²) in [7, 11) is 0.